The standard InChI is InChI=1S/C30H48O2/c1-7-20(3)22-15-17-29(5)23(19-22)10-11-24-26-13-12-25(30(26,6)18-16-27(24)29)21(4)9-14-28(31)32-8-2/h7,10,21-22,24-27H,8-9,11-19H2,1-6H3/b20-7-/t21-,22?,24?,25?,26?,27?,29?,30?/m1/s1. The second-order valence-corrected chi connectivity index (χ2v) is 12.3. The van der Waals surface area contributed by atoms with Crippen LogP contribution in [0.5, 0.6) is 0 Å². The van der Waals surface area contributed by atoms with E-state index in [0.717, 1.165) is 36.0 Å². The van der Waals surface area contributed by atoms with Crippen molar-refractivity contribution in [2.45, 2.75) is 106 Å². The molecule has 8 atom stereocenters. The first-order valence-electron chi connectivity index (χ1n) is 13.7. The maximum absolute atomic E-state index is 11.9. The number of carbonyl (C=O) groups excluding carboxylic acids is 1. The molecule has 0 N–H and O–H groups in total. The topological polar surface area (TPSA) is 26.3 Å². The molecule has 0 spiro atoms. The van der Waals surface area contributed by atoms with Gasteiger partial charge in [-0.15, -0.1) is 0 Å². The van der Waals surface area contributed by atoms with E-state index in [1.807, 2.05) is 6.92 Å². The Morgan fingerprint density at radius 2 is 1.97 bits per heavy atom. The van der Waals surface area contributed by atoms with E-state index in [4.69, 9.17) is 4.74 Å². The van der Waals surface area contributed by atoms with Crippen LogP contribution in [-0.2, 0) is 9.53 Å². The number of ether oxygens (including phenoxy) is 1. The average Bonchev–Trinajstić information content (AvgIpc) is 3.14. The summed E-state index contributed by atoms with van der Waals surface area (Å²) in [5.74, 6) is 4.81. The van der Waals surface area contributed by atoms with Gasteiger partial charge in [-0.2, -0.15) is 0 Å². The number of fused-ring (bicyclic) bond motifs is 5. The second kappa shape index (κ2) is 9.30. The number of hydrogen-bond acceptors (Lipinski definition) is 2. The van der Waals surface area contributed by atoms with Gasteiger partial charge < -0.3 is 4.74 Å². The van der Waals surface area contributed by atoms with Crippen LogP contribution in [0.15, 0.2) is 23.3 Å². The van der Waals surface area contributed by atoms with Gasteiger partial charge >= 0.3 is 5.97 Å². The normalized spacial score (nSPS) is 42.4. The first kappa shape index (κ1) is 24.1. The minimum absolute atomic E-state index is 0.00983. The highest BCUT2D eigenvalue weighted by Gasteiger charge is 2.59. The second-order valence-electron chi connectivity index (χ2n) is 12.3. The molecule has 3 saturated carbocycles. The fourth-order valence-corrected chi connectivity index (χ4v) is 9.04. The fourth-order valence-electron chi connectivity index (χ4n) is 9.04. The molecular weight excluding hydrogens is 392 g/mol. The van der Waals surface area contributed by atoms with Gasteiger partial charge in [0.25, 0.3) is 0 Å². The predicted molar refractivity (Wildman–Crippen MR) is 133 cm³/mol. The minimum atomic E-state index is -0.00983. The molecule has 0 heterocycles. The lowest BCUT2D eigenvalue weighted by Crippen LogP contribution is -2.50. The first-order chi connectivity index (χ1) is 15.2. The molecule has 180 valence electrons. The SMILES string of the molecule is C/C=C(/C)C1CCC2(C)C(=CCC3C2CCC2(C)C3CCC2[C@H](C)CCC(=O)OCC)C1. The molecule has 0 aliphatic heterocycles. The summed E-state index contributed by atoms with van der Waals surface area (Å²) in [7, 11) is 0. The fraction of sp³-hybridized carbons (Fsp3) is 0.833. The zero-order valence-electron chi connectivity index (χ0n) is 21.7. The highest BCUT2D eigenvalue weighted by atomic mass is 16.5. The van der Waals surface area contributed by atoms with E-state index in [0.29, 0.717) is 29.8 Å². The smallest absolute Gasteiger partial charge is 0.305 e. The van der Waals surface area contributed by atoms with Crippen molar-refractivity contribution in [3.05, 3.63) is 23.3 Å². The first-order valence-corrected chi connectivity index (χ1v) is 13.7. The zero-order valence-corrected chi connectivity index (χ0v) is 21.7. The Morgan fingerprint density at radius 1 is 1.19 bits per heavy atom. The molecular formula is C30H48O2. The van der Waals surface area contributed by atoms with Crippen LogP contribution in [-0.4, -0.2) is 12.6 Å². The van der Waals surface area contributed by atoms with Crippen molar-refractivity contribution in [2.24, 2.45) is 46.3 Å². The molecule has 32 heavy (non-hydrogen) atoms. The summed E-state index contributed by atoms with van der Waals surface area (Å²) in [6.07, 6.45) is 17.6. The van der Waals surface area contributed by atoms with E-state index >= 15 is 0 Å². The van der Waals surface area contributed by atoms with Crippen molar-refractivity contribution in [2.75, 3.05) is 6.61 Å². The predicted octanol–water partition coefficient (Wildman–Crippen LogP) is 8.13. The van der Waals surface area contributed by atoms with E-state index in [9.17, 15) is 4.79 Å². The molecule has 0 amide bonds. The molecule has 4 aliphatic rings. The van der Waals surface area contributed by atoms with Gasteiger partial charge in [-0.25, -0.2) is 0 Å². The molecule has 7 unspecified atom stereocenters. The summed E-state index contributed by atoms with van der Waals surface area (Å²) in [6, 6.07) is 0. The van der Waals surface area contributed by atoms with Crippen LogP contribution in [0.2, 0.25) is 0 Å². The number of hydrogen-bond donors (Lipinski definition) is 0. The highest BCUT2D eigenvalue weighted by Crippen LogP contribution is 2.67. The Hall–Kier alpha value is -1.05. The Labute approximate surface area is 197 Å². The van der Waals surface area contributed by atoms with Gasteiger partial charge in [-0.05, 0) is 125 Å². The van der Waals surface area contributed by atoms with E-state index in [1.165, 1.54) is 51.4 Å². The lowest BCUT2D eigenvalue weighted by molar-refractivity contribution is -0.143. The molecule has 3 fully saturated rings. The molecule has 0 saturated heterocycles. The Bertz CT molecular complexity index is 763. The zero-order chi connectivity index (χ0) is 23.1. The minimum Gasteiger partial charge on any atom is -0.466 e. The molecule has 2 heteroatoms. The molecule has 0 radical (unpaired) electrons. The van der Waals surface area contributed by atoms with Crippen molar-refractivity contribution in [1.29, 1.82) is 0 Å². The lowest BCUT2D eigenvalue weighted by Gasteiger charge is -2.58. The van der Waals surface area contributed by atoms with Gasteiger partial charge in [-0.3, -0.25) is 4.79 Å². The average molecular weight is 441 g/mol. The van der Waals surface area contributed by atoms with E-state index in [-0.39, 0.29) is 5.97 Å². The van der Waals surface area contributed by atoms with Crippen molar-refractivity contribution < 1.29 is 9.53 Å². The van der Waals surface area contributed by atoms with Crippen molar-refractivity contribution in [3.8, 4) is 0 Å². The van der Waals surface area contributed by atoms with Gasteiger partial charge in [0.05, 0.1) is 6.61 Å². The van der Waals surface area contributed by atoms with E-state index < -0.39 is 0 Å². The van der Waals surface area contributed by atoms with Gasteiger partial charge in [0.15, 0.2) is 0 Å². The van der Waals surface area contributed by atoms with Crippen LogP contribution >= 0.6 is 0 Å². The van der Waals surface area contributed by atoms with E-state index in [2.05, 4.69) is 46.8 Å². The van der Waals surface area contributed by atoms with Crippen LogP contribution in [0.4, 0.5) is 0 Å². The van der Waals surface area contributed by atoms with Gasteiger partial charge in [0, 0.05) is 6.42 Å². The number of rotatable bonds is 6. The molecule has 0 aromatic rings. The van der Waals surface area contributed by atoms with Crippen molar-refractivity contribution >= 4 is 5.97 Å². The maximum Gasteiger partial charge on any atom is 0.305 e. The van der Waals surface area contributed by atoms with E-state index in [1.54, 1.807) is 11.1 Å². The van der Waals surface area contributed by atoms with Crippen LogP contribution in [0, 0.1) is 46.3 Å². The van der Waals surface area contributed by atoms with Crippen LogP contribution in [0.25, 0.3) is 0 Å². The third-order valence-electron chi connectivity index (χ3n) is 11.1. The summed E-state index contributed by atoms with van der Waals surface area (Å²) in [6.45, 7) is 14.6. The van der Waals surface area contributed by atoms with Gasteiger partial charge in [0.1, 0.15) is 0 Å². The summed E-state index contributed by atoms with van der Waals surface area (Å²) in [4.78, 5) is 11.9. The Morgan fingerprint density at radius 3 is 2.69 bits per heavy atom. The molecule has 2 nitrogen and oxygen atoms in total. The van der Waals surface area contributed by atoms with Gasteiger partial charge in [0.2, 0.25) is 0 Å². The molecule has 4 rings (SSSR count). The maximum atomic E-state index is 11.9. The number of esters is 1. The lowest BCUT2D eigenvalue weighted by atomic mass is 9.46. The molecule has 0 aromatic carbocycles. The van der Waals surface area contributed by atoms with Crippen LogP contribution < -0.4 is 0 Å². The summed E-state index contributed by atoms with van der Waals surface area (Å²) < 4.78 is 5.20. The van der Waals surface area contributed by atoms with Crippen molar-refractivity contribution in [3.63, 3.8) is 0 Å². The van der Waals surface area contributed by atoms with Crippen molar-refractivity contribution in [1.82, 2.24) is 0 Å². The quantitative estimate of drug-likeness (QED) is 0.308. The van der Waals surface area contributed by atoms with Crippen LogP contribution in [0.3, 0.4) is 0 Å². The summed E-state index contributed by atoms with van der Waals surface area (Å²) in [5, 5.41) is 0. The summed E-state index contributed by atoms with van der Waals surface area (Å²) in [5.41, 5.74) is 4.32. The molecule has 0 aromatic heterocycles. The molecule has 0 bridgehead atoms. The third-order valence-corrected chi connectivity index (χ3v) is 11.1. The Kier molecular flexibility index (Phi) is 7.00. The van der Waals surface area contributed by atoms with Crippen LogP contribution in [0.1, 0.15) is 106 Å². The summed E-state index contributed by atoms with van der Waals surface area (Å²) >= 11 is 0. The largest absolute Gasteiger partial charge is 0.466 e. The molecule has 4 aliphatic carbocycles. The highest BCUT2D eigenvalue weighted by molar-refractivity contribution is 5.69. The van der Waals surface area contributed by atoms with Gasteiger partial charge in [-0.1, -0.05) is 44.1 Å². The number of allylic oxidation sites excluding steroid dienone is 4. The monoisotopic (exact) mass is 440 g/mol. The third kappa shape index (κ3) is 4.03. The number of carbonyl (C=O) groups is 1. The Balaban J connectivity index is 1.48.